The Bertz CT molecular complexity index is 324. The van der Waals surface area contributed by atoms with Crippen molar-refractivity contribution >= 4 is 6.98 Å². The van der Waals surface area contributed by atoms with Gasteiger partial charge in [-0.05, 0) is 23.8 Å². The normalized spacial score (nSPS) is 11.5. The molecule has 0 fully saturated rings. The SMILES string of the molecule is COc1ccc(F)c(C[B-](F)(F)F)c1. The van der Waals surface area contributed by atoms with E-state index in [9.17, 15) is 17.3 Å². The zero-order chi connectivity index (χ0) is 10.8. The van der Waals surface area contributed by atoms with Crippen LogP contribution >= 0.6 is 0 Å². The Labute approximate surface area is 78.7 Å². The molecule has 0 saturated heterocycles. The van der Waals surface area contributed by atoms with E-state index in [1.807, 2.05) is 0 Å². The quantitative estimate of drug-likeness (QED) is 0.546. The molecule has 0 heterocycles. The van der Waals surface area contributed by atoms with Crippen molar-refractivity contribution in [2.24, 2.45) is 0 Å². The van der Waals surface area contributed by atoms with Gasteiger partial charge in [0.1, 0.15) is 11.6 Å². The van der Waals surface area contributed by atoms with Gasteiger partial charge in [-0.25, -0.2) is 4.39 Å². The Balaban J connectivity index is 2.95. The smallest absolute Gasteiger partial charge is 0.482 e. The van der Waals surface area contributed by atoms with Crippen molar-refractivity contribution in [3.63, 3.8) is 0 Å². The first-order valence-corrected chi connectivity index (χ1v) is 3.96. The van der Waals surface area contributed by atoms with E-state index in [0.29, 0.717) is 0 Å². The van der Waals surface area contributed by atoms with Crippen LogP contribution in [0, 0.1) is 5.82 Å². The first kappa shape index (κ1) is 10.9. The summed E-state index contributed by atoms with van der Waals surface area (Å²) in [6.07, 6.45) is -1.22. The minimum absolute atomic E-state index is 0.224. The monoisotopic (exact) mass is 207 g/mol. The molecule has 0 radical (unpaired) electrons. The van der Waals surface area contributed by atoms with Crippen LogP contribution in [0.5, 0.6) is 5.75 Å². The van der Waals surface area contributed by atoms with Gasteiger partial charge in [-0.3, -0.25) is 0 Å². The van der Waals surface area contributed by atoms with Gasteiger partial charge in [0, 0.05) is 0 Å². The third kappa shape index (κ3) is 2.94. The summed E-state index contributed by atoms with van der Waals surface area (Å²) in [5.74, 6) is -0.633. The fraction of sp³-hybridized carbons (Fsp3) is 0.250. The molecule has 1 aromatic rings. The van der Waals surface area contributed by atoms with Gasteiger partial charge in [0.2, 0.25) is 0 Å². The van der Waals surface area contributed by atoms with Crippen LogP contribution in [-0.4, -0.2) is 14.1 Å². The van der Waals surface area contributed by atoms with Crippen LogP contribution in [0.25, 0.3) is 0 Å². The second-order valence-electron chi connectivity index (χ2n) is 2.87. The molecule has 6 heteroatoms. The van der Waals surface area contributed by atoms with Gasteiger partial charge in [-0.15, -0.1) is 0 Å². The van der Waals surface area contributed by atoms with E-state index in [1.165, 1.54) is 13.2 Å². The topological polar surface area (TPSA) is 9.23 Å². The van der Waals surface area contributed by atoms with Gasteiger partial charge in [-0.1, -0.05) is 6.32 Å². The Kier molecular flexibility index (Phi) is 3.03. The van der Waals surface area contributed by atoms with Crippen LogP contribution in [0.3, 0.4) is 0 Å². The summed E-state index contributed by atoms with van der Waals surface area (Å²) in [7, 11) is 1.32. The van der Waals surface area contributed by atoms with E-state index >= 15 is 0 Å². The van der Waals surface area contributed by atoms with Gasteiger partial charge in [0.05, 0.1) is 7.11 Å². The highest BCUT2D eigenvalue weighted by molar-refractivity contribution is 6.57. The second kappa shape index (κ2) is 3.90. The second-order valence-corrected chi connectivity index (χ2v) is 2.87. The Morgan fingerprint density at radius 3 is 2.43 bits per heavy atom. The van der Waals surface area contributed by atoms with E-state index in [2.05, 4.69) is 0 Å². The number of hydrogen-bond donors (Lipinski definition) is 0. The molecule has 0 aliphatic carbocycles. The molecule has 0 bridgehead atoms. The van der Waals surface area contributed by atoms with Crippen molar-refractivity contribution in [3.05, 3.63) is 29.6 Å². The molecule has 78 valence electrons. The van der Waals surface area contributed by atoms with Crippen molar-refractivity contribution in [2.75, 3.05) is 7.11 Å². The fourth-order valence-electron chi connectivity index (χ4n) is 1.08. The maximum Gasteiger partial charge on any atom is 0.482 e. The predicted molar refractivity (Wildman–Crippen MR) is 45.7 cm³/mol. The van der Waals surface area contributed by atoms with E-state index < -0.39 is 19.1 Å². The van der Waals surface area contributed by atoms with Gasteiger partial charge < -0.3 is 17.7 Å². The molecule has 1 nitrogen and oxygen atoms in total. The Morgan fingerprint density at radius 2 is 1.93 bits per heavy atom. The predicted octanol–water partition coefficient (Wildman–Crippen LogP) is 2.76. The summed E-state index contributed by atoms with van der Waals surface area (Å²) < 4.78 is 53.6. The van der Waals surface area contributed by atoms with Gasteiger partial charge in [0.15, 0.2) is 0 Å². The summed E-state index contributed by atoms with van der Waals surface area (Å²) in [6, 6.07) is 3.31. The van der Waals surface area contributed by atoms with E-state index in [-0.39, 0.29) is 11.3 Å². The van der Waals surface area contributed by atoms with Crippen LogP contribution in [0.1, 0.15) is 5.56 Å². The van der Waals surface area contributed by atoms with E-state index in [4.69, 9.17) is 4.74 Å². The van der Waals surface area contributed by atoms with Crippen LogP contribution in [-0.2, 0) is 6.32 Å². The highest BCUT2D eigenvalue weighted by Gasteiger charge is 2.24. The lowest BCUT2D eigenvalue weighted by atomic mass is 9.81. The van der Waals surface area contributed by atoms with E-state index in [0.717, 1.165) is 12.1 Å². The number of benzene rings is 1. The number of ether oxygens (including phenoxy) is 1. The molecule has 0 spiro atoms. The van der Waals surface area contributed by atoms with Gasteiger partial charge >= 0.3 is 6.98 Å². The minimum Gasteiger partial charge on any atom is -0.497 e. The van der Waals surface area contributed by atoms with Crippen molar-refractivity contribution in [1.82, 2.24) is 0 Å². The molecular weight excluding hydrogens is 199 g/mol. The highest BCUT2D eigenvalue weighted by Crippen LogP contribution is 2.22. The molecule has 14 heavy (non-hydrogen) atoms. The summed E-state index contributed by atoms with van der Waals surface area (Å²) in [5.41, 5.74) is -0.378. The Morgan fingerprint density at radius 1 is 1.29 bits per heavy atom. The maximum absolute atomic E-state index is 12.9. The molecule has 0 aliphatic heterocycles. The van der Waals surface area contributed by atoms with Crippen molar-refractivity contribution in [3.8, 4) is 5.75 Å². The Hall–Kier alpha value is -1.20. The summed E-state index contributed by atoms with van der Waals surface area (Å²) in [6.45, 7) is -5.02. The van der Waals surface area contributed by atoms with Gasteiger partial charge in [-0.2, -0.15) is 0 Å². The summed E-state index contributed by atoms with van der Waals surface area (Å²) in [4.78, 5) is 0. The highest BCUT2D eigenvalue weighted by atomic mass is 19.4. The molecule has 0 aliphatic rings. The van der Waals surface area contributed by atoms with Crippen LogP contribution < -0.4 is 4.74 Å². The first-order chi connectivity index (χ1) is 6.42. The standard InChI is InChI=1S/C8H8BF4O/c1-14-7-2-3-8(10)6(4-7)5-9(11,12)13/h2-4H,5H2,1H3/q-1. The molecule has 1 rings (SSSR count). The zero-order valence-electron chi connectivity index (χ0n) is 7.44. The third-order valence-electron chi connectivity index (χ3n) is 1.70. The molecule has 0 N–H and O–H groups in total. The van der Waals surface area contributed by atoms with Crippen molar-refractivity contribution in [1.29, 1.82) is 0 Å². The maximum atomic E-state index is 12.9. The average Bonchev–Trinajstić information content (AvgIpc) is 2.06. The van der Waals surface area contributed by atoms with Crippen LogP contribution in [0.15, 0.2) is 18.2 Å². The van der Waals surface area contributed by atoms with Crippen molar-refractivity contribution in [2.45, 2.75) is 6.32 Å². The molecule has 1 aromatic carbocycles. The summed E-state index contributed by atoms with van der Waals surface area (Å²) in [5, 5.41) is 0. The van der Waals surface area contributed by atoms with Gasteiger partial charge in [0.25, 0.3) is 0 Å². The molecule has 0 unspecified atom stereocenters. The number of methoxy groups -OCH3 is 1. The number of hydrogen-bond acceptors (Lipinski definition) is 1. The largest absolute Gasteiger partial charge is 0.497 e. The lowest BCUT2D eigenvalue weighted by molar-refractivity contribution is 0.412. The molecular formula is C8H8BF4O-. The lowest BCUT2D eigenvalue weighted by Crippen LogP contribution is -2.20. The van der Waals surface area contributed by atoms with Crippen LogP contribution in [0.4, 0.5) is 17.3 Å². The number of halogens is 4. The summed E-state index contributed by atoms with van der Waals surface area (Å²) >= 11 is 0. The number of rotatable bonds is 3. The molecule has 0 amide bonds. The molecule has 0 aromatic heterocycles. The average molecular weight is 207 g/mol. The zero-order valence-corrected chi connectivity index (χ0v) is 7.44. The van der Waals surface area contributed by atoms with Crippen molar-refractivity contribution < 1.29 is 22.1 Å². The van der Waals surface area contributed by atoms with E-state index in [1.54, 1.807) is 0 Å². The molecule has 0 saturated carbocycles. The minimum atomic E-state index is -5.02. The van der Waals surface area contributed by atoms with Crippen LogP contribution in [0.2, 0.25) is 0 Å². The third-order valence-corrected chi connectivity index (χ3v) is 1.70. The molecule has 0 atom stereocenters. The lowest BCUT2D eigenvalue weighted by Gasteiger charge is -2.14. The first-order valence-electron chi connectivity index (χ1n) is 3.96. The fourth-order valence-corrected chi connectivity index (χ4v) is 1.08.